The van der Waals surface area contributed by atoms with Gasteiger partial charge in [-0.3, -0.25) is 4.90 Å². The van der Waals surface area contributed by atoms with E-state index < -0.39 is 0 Å². The fourth-order valence-corrected chi connectivity index (χ4v) is 2.70. The lowest BCUT2D eigenvalue weighted by molar-refractivity contribution is 0.115. The number of rotatable bonds is 6. The Kier molecular flexibility index (Phi) is 5.73. The normalized spacial score (nSPS) is 26.2. The van der Waals surface area contributed by atoms with Gasteiger partial charge in [0.25, 0.3) is 0 Å². The van der Waals surface area contributed by atoms with E-state index in [1.807, 2.05) is 6.92 Å². The predicted molar refractivity (Wildman–Crippen MR) is 68.7 cm³/mol. The zero-order valence-electron chi connectivity index (χ0n) is 11.3. The number of likely N-dealkylation sites (N-methyl/N-ethyl adjacent to an activating group) is 2. The monoisotopic (exact) mass is 228 g/mol. The molecular weight excluding hydrogens is 200 g/mol. The molecule has 0 radical (unpaired) electrons. The fraction of sp³-hybridized carbons (Fsp3) is 1.00. The fourth-order valence-electron chi connectivity index (χ4n) is 2.70. The molecule has 0 spiro atoms. The topological polar surface area (TPSA) is 26.7 Å². The molecule has 1 aliphatic heterocycles. The number of aliphatic hydroxyl groups is 1. The second kappa shape index (κ2) is 6.58. The molecule has 1 heterocycles. The Morgan fingerprint density at radius 3 is 2.69 bits per heavy atom. The van der Waals surface area contributed by atoms with Crippen molar-refractivity contribution in [1.29, 1.82) is 0 Å². The molecular formula is C13H28N2O. The minimum absolute atomic E-state index is 0.191. The third-order valence-electron chi connectivity index (χ3n) is 3.84. The lowest BCUT2D eigenvalue weighted by Gasteiger charge is -2.32. The largest absolute Gasteiger partial charge is 0.393 e. The van der Waals surface area contributed by atoms with E-state index in [1.54, 1.807) is 0 Å². The molecule has 0 aliphatic carbocycles. The van der Waals surface area contributed by atoms with Gasteiger partial charge in [0.15, 0.2) is 0 Å². The lowest BCUT2D eigenvalue weighted by atomic mass is 10.1. The first kappa shape index (κ1) is 13.9. The minimum atomic E-state index is -0.191. The molecule has 0 aromatic rings. The van der Waals surface area contributed by atoms with Crippen molar-refractivity contribution in [3.63, 3.8) is 0 Å². The molecule has 0 bridgehead atoms. The van der Waals surface area contributed by atoms with E-state index in [0.29, 0.717) is 6.04 Å². The number of hydrogen-bond acceptors (Lipinski definition) is 3. The van der Waals surface area contributed by atoms with E-state index in [1.165, 1.54) is 25.9 Å². The van der Waals surface area contributed by atoms with Crippen LogP contribution in [0.1, 0.15) is 40.0 Å². The highest BCUT2D eigenvalue weighted by Gasteiger charge is 2.25. The average Bonchev–Trinajstić information content (AvgIpc) is 2.64. The molecule has 0 amide bonds. The number of hydrogen-bond donors (Lipinski definition) is 1. The standard InChI is InChI=1S/C13H28N2O/c1-5-15-8-6-7-13(15)10-14(4)11(2)9-12(3)16/h11-13,16H,5-10H2,1-4H3. The third kappa shape index (κ3) is 4.04. The van der Waals surface area contributed by atoms with Gasteiger partial charge in [0.1, 0.15) is 0 Å². The summed E-state index contributed by atoms with van der Waals surface area (Å²) in [5, 5.41) is 9.39. The van der Waals surface area contributed by atoms with Crippen molar-refractivity contribution in [3.05, 3.63) is 0 Å². The van der Waals surface area contributed by atoms with Crippen LogP contribution in [0.3, 0.4) is 0 Å². The van der Waals surface area contributed by atoms with E-state index in [2.05, 4.69) is 30.7 Å². The smallest absolute Gasteiger partial charge is 0.0526 e. The third-order valence-corrected chi connectivity index (χ3v) is 3.84. The molecule has 1 fully saturated rings. The summed E-state index contributed by atoms with van der Waals surface area (Å²) in [6, 6.07) is 1.20. The van der Waals surface area contributed by atoms with Crippen molar-refractivity contribution < 1.29 is 5.11 Å². The molecule has 0 aromatic carbocycles. The van der Waals surface area contributed by atoms with Crippen molar-refractivity contribution in [2.24, 2.45) is 0 Å². The molecule has 1 saturated heterocycles. The lowest BCUT2D eigenvalue weighted by Crippen LogP contribution is -2.42. The van der Waals surface area contributed by atoms with E-state index in [4.69, 9.17) is 0 Å². The Morgan fingerprint density at radius 1 is 1.44 bits per heavy atom. The van der Waals surface area contributed by atoms with Crippen molar-refractivity contribution in [2.45, 2.75) is 58.2 Å². The molecule has 1 rings (SSSR count). The second-order valence-electron chi connectivity index (χ2n) is 5.30. The Labute approximate surface area is 100 Å². The van der Waals surface area contributed by atoms with Crippen LogP contribution < -0.4 is 0 Å². The Bertz CT molecular complexity index is 196. The summed E-state index contributed by atoms with van der Waals surface area (Å²) in [7, 11) is 2.18. The zero-order valence-corrected chi connectivity index (χ0v) is 11.3. The summed E-state index contributed by atoms with van der Waals surface area (Å²) in [5.41, 5.74) is 0. The van der Waals surface area contributed by atoms with Crippen molar-refractivity contribution in [3.8, 4) is 0 Å². The zero-order chi connectivity index (χ0) is 12.1. The van der Waals surface area contributed by atoms with E-state index in [0.717, 1.165) is 19.0 Å². The number of aliphatic hydroxyl groups excluding tert-OH is 1. The highest BCUT2D eigenvalue weighted by molar-refractivity contribution is 4.82. The van der Waals surface area contributed by atoms with Gasteiger partial charge in [0.2, 0.25) is 0 Å². The predicted octanol–water partition coefficient (Wildman–Crippen LogP) is 1.56. The summed E-state index contributed by atoms with van der Waals surface area (Å²) >= 11 is 0. The second-order valence-corrected chi connectivity index (χ2v) is 5.30. The van der Waals surface area contributed by atoms with E-state index in [-0.39, 0.29) is 6.10 Å². The van der Waals surface area contributed by atoms with E-state index in [9.17, 15) is 5.11 Å². The van der Waals surface area contributed by atoms with E-state index >= 15 is 0 Å². The van der Waals surface area contributed by atoms with Gasteiger partial charge in [-0.1, -0.05) is 6.92 Å². The van der Waals surface area contributed by atoms with Crippen molar-refractivity contribution >= 4 is 0 Å². The van der Waals surface area contributed by atoms with Crippen molar-refractivity contribution in [2.75, 3.05) is 26.7 Å². The van der Waals surface area contributed by atoms with Crippen LogP contribution in [-0.2, 0) is 0 Å². The molecule has 3 unspecified atom stereocenters. The summed E-state index contributed by atoms with van der Waals surface area (Å²) in [6.45, 7) is 9.90. The van der Waals surface area contributed by atoms with Crippen LogP contribution in [0, 0.1) is 0 Å². The molecule has 0 saturated carbocycles. The van der Waals surface area contributed by atoms with Gasteiger partial charge in [0, 0.05) is 18.6 Å². The van der Waals surface area contributed by atoms with Gasteiger partial charge < -0.3 is 10.0 Å². The number of nitrogens with zero attached hydrogens (tertiary/aromatic N) is 2. The summed E-state index contributed by atoms with van der Waals surface area (Å²) < 4.78 is 0. The molecule has 96 valence electrons. The molecule has 3 nitrogen and oxygen atoms in total. The Balaban J connectivity index is 2.35. The molecule has 16 heavy (non-hydrogen) atoms. The summed E-state index contributed by atoms with van der Waals surface area (Å²) in [4.78, 5) is 4.97. The molecule has 3 atom stereocenters. The molecule has 3 heteroatoms. The van der Waals surface area contributed by atoms with Gasteiger partial charge in [0.05, 0.1) is 6.10 Å². The first-order valence-electron chi connectivity index (χ1n) is 6.67. The van der Waals surface area contributed by atoms with Gasteiger partial charge >= 0.3 is 0 Å². The van der Waals surface area contributed by atoms with Gasteiger partial charge in [-0.15, -0.1) is 0 Å². The van der Waals surface area contributed by atoms with Gasteiger partial charge in [-0.25, -0.2) is 0 Å². The van der Waals surface area contributed by atoms with Crippen LogP contribution in [0.5, 0.6) is 0 Å². The average molecular weight is 228 g/mol. The highest BCUT2D eigenvalue weighted by atomic mass is 16.3. The molecule has 0 aromatic heterocycles. The van der Waals surface area contributed by atoms with Crippen LogP contribution in [0.15, 0.2) is 0 Å². The molecule has 1 aliphatic rings. The Hall–Kier alpha value is -0.120. The van der Waals surface area contributed by atoms with Crippen LogP contribution in [0.4, 0.5) is 0 Å². The van der Waals surface area contributed by atoms with Crippen LogP contribution in [-0.4, -0.2) is 59.8 Å². The summed E-state index contributed by atoms with van der Waals surface area (Å²) in [6.07, 6.45) is 3.36. The SMILES string of the molecule is CCN1CCCC1CN(C)C(C)CC(C)O. The first-order valence-corrected chi connectivity index (χ1v) is 6.67. The van der Waals surface area contributed by atoms with Gasteiger partial charge in [-0.05, 0) is 53.2 Å². The maximum atomic E-state index is 9.39. The van der Waals surface area contributed by atoms with Crippen LogP contribution in [0.2, 0.25) is 0 Å². The first-order chi connectivity index (χ1) is 7.54. The quantitative estimate of drug-likeness (QED) is 0.747. The summed E-state index contributed by atoms with van der Waals surface area (Å²) in [5.74, 6) is 0. The maximum absolute atomic E-state index is 9.39. The molecule has 1 N–H and O–H groups in total. The van der Waals surface area contributed by atoms with Gasteiger partial charge in [-0.2, -0.15) is 0 Å². The minimum Gasteiger partial charge on any atom is -0.393 e. The van der Waals surface area contributed by atoms with Crippen LogP contribution >= 0.6 is 0 Å². The van der Waals surface area contributed by atoms with Crippen molar-refractivity contribution in [1.82, 2.24) is 9.80 Å². The maximum Gasteiger partial charge on any atom is 0.0526 e. The Morgan fingerprint density at radius 2 is 2.12 bits per heavy atom. The number of likely N-dealkylation sites (tertiary alicyclic amines) is 1. The highest BCUT2D eigenvalue weighted by Crippen LogP contribution is 2.18. The van der Waals surface area contributed by atoms with Crippen LogP contribution in [0.25, 0.3) is 0 Å².